The quantitative estimate of drug-likeness (QED) is 0.734. The summed E-state index contributed by atoms with van der Waals surface area (Å²) in [7, 11) is 4.18. The minimum atomic E-state index is 0.671. The fourth-order valence-electron chi connectivity index (χ4n) is 2.59. The zero-order chi connectivity index (χ0) is 14.8. The Morgan fingerprint density at radius 2 is 2.10 bits per heavy atom. The Bertz CT molecular complexity index is 827. The van der Waals surface area contributed by atoms with E-state index in [0.29, 0.717) is 5.56 Å². The van der Waals surface area contributed by atoms with Crippen LogP contribution in [0.25, 0.3) is 21.0 Å². The van der Waals surface area contributed by atoms with Crippen LogP contribution < -0.4 is 0 Å². The maximum atomic E-state index is 9.06. The van der Waals surface area contributed by atoms with E-state index in [1.54, 1.807) is 11.3 Å². The van der Waals surface area contributed by atoms with Gasteiger partial charge < -0.3 is 4.90 Å². The number of thiophene rings is 1. The van der Waals surface area contributed by atoms with Gasteiger partial charge in [0.1, 0.15) is 0 Å². The van der Waals surface area contributed by atoms with E-state index in [1.165, 1.54) is 10.1 Å². The second kappa shape index (κ2) is 5.80. The molecule has 0 amide bonds. The van der Waals surface area contributed by atoms with Crippen LogP contribution in [0.4, 0.5) is 0 Å². The predicted molar refractivity (Wildman–Crippen MR) is 88.7 cm³/mol. The molecule has 21 heavy (non-hydrogen) atoms. The van der Waals surface area contributed by atoms with Gasteiger partial charge in [0.15, 0.2) is 0 Å². The van der Waals surface area contributed by atoms with Crippen molar-refractivity contribution in [2.45, 2.75) is 12.8 Å². The van der Waals surface area contributed by atoms with Gasteiger partial charge in [0.2, 0.25) is 0 Å². The van der Waals surface area contributed by atoms with E-state index >= 15 is 0 Å². The Balaban J connectivity index is 2.09. The van der Waals surface area contributed by atoms with Gasteiger partial charge in [-0.25, -0.2) is 0 Å². The van der Waals surface area contributed by atoms with Crippen molar-refractivity contribution in [2.75, 3.05) is 20.6 Å². The number of rotatable bonds is 4. The standard InChI is InChI=1S/C17H17N3S/c1-20(2)8-3-4-15-14-7-9-21-17(14)13-6-5-12(11-18)10-16(13)19-15/h5-7,9-10H,3-4,8H2,1-2H3. The lowest BCUT2D eigenvalue weighted by molar-refractivity contribution is 0.400. The van der Waals surface area contributed by atoms with E-state index in [2.05, 4.69) is 36.5 Å². The smallest absolute Gasteiger partial charge is 0.0992 e. The summed E-state index contributed by atoms with van der Waals surface area (Å²) in [6.45, 7) is 1.06. The zero-order valence-corrected chi connectivity index (χ0v) is 13.1. The molecule has 0 spiro atoms. The maximum absolute atomic E-state index is 9.06. The molecular weight excluding hydrogens is 278 g/mol. The molecule has 3 aromatic rings. The number of benzene rings is 1. The van der Waals surface area contributed by atoms with Crippen molar-refractivity contribution < 1.29 is 0 Å². The number of aryl methyl sites for hydroxylation is 1. The number of hydrogen-bond donors (Lipinski definition) is 0. The van der Waals surface area contributed by atoms with Crippen molar-refractivity contribution in [1.29, 1.82) is 5.26 Å². The number of fused-ring (bicyclic) bond motifs is 3. The van der Waals surface area contributed by atoms with Gasteiger partial charge in [-0.2, -0.15) is 5.26 Å². The summed E-state index contributed by atoms with van der Waals surface area (Å²) < 4.78 is 1.28. The molecule has 0 bridgehead atoms. The van der Waals surface area contributed by atoms with Gasteiger partial charge in [-0.05, 0) is 57.1 Å². The van der Waals surface area contributed by atoms with Gasteiger partial charge >= 0.3 is 0 Å². The first-order chi connectivity index (χ1) is 10.2. The fraction of sp³-hybridized carbons (Fsp3) is 0.294. The van der Waals surface area contributed by atoms with Crippen LogP contribution in [0.2, 0.25) is 0 Å². The van der Waals surface area contributed by atoms with Crippen LogP contribution in [0.15, 0.2) is 29.6 Å². The summed E-state index contributed by atoms with van der Waals surface area (Å²) in [4.78, 5) is 7.01. The lowest BCUT2D eigenvalue weighted by Crippen LogP contribution is -2.13. The van der Waals surface area contributed by atoms with Crippen molar-refractivity contribution >= 4 is 32.3 Å². The average Bonchev–Trinajstić information content (AvgIpc) is 2.96. The van der Waals surface area contributed by atoms with Crippen molar-refractivity contribution in [3.8, 4) is 6.07 Å². The molecule has 106 valence electrons. The minimum absolute atomic E-state index is 0.671. The highest BCUT2D eigenvalue weighted by Gasteiger charge is 2.10. The predicted octanol–water partition coefficient (Wildman–Crippen LogP) is 3.82. The van der Waals surface area contributed by atoms with Crippen LogP contribution in [-0.2, 0) is 6.42 Å². The van der Waals surface area contributed by atoms with E-state index in [1.807, 2.05) is 18.2 Å². The first-order valence-corrected chi connectivity index (χ1v) is 7.91. The van der Waals surface area contributed by atoms with Crippen LogP contribution in [0.3, 0.4) is 0 Å². The molecule has 0 aliphatic rings. The molecule has 0 radical (unpaired) electrons. The summed E-state index contributed by atoms with van der Waals surface area (Å²) in [6, 6.07) is 10.1. The topological polar surface area (TPSA) is 39.9 Å². The molecule has 1 aromatic carbocycles. The third kappa shape index (κ3) is 2.76. The summed E-state index contributed by atoms with van der Waals surface area (Å²) in [5.74, 6) is 0. The molecule has 0 saturated heterocycles. The molecule has 0 N–H and O–H groups in total. The Morgan fingerprint density at radius 1 is 1.24 bits per heavy atom. The lowest BCUT2D eigenvalue weighted by atomic mass is 10.1. The molecule has 2 heterocycles. The second-order valence-corrected chi connectivity index (χ2v) is 6.39. The molecular formula is C17H17N3S. The molecule has 0 fully saturated rings. The van der Waals surface area contributed by atoms with Gasteiger partial charge in [0.25, 0.3) is 0 Å². The van der Waals surface area contributed by atoms with E-state index in [-0.39, 0.29) is 0 Å². The third-order valence-electron chi connectivity index (χ3n) is 3.62. The molecule has 2 aromatic heterocycles. The van der Waals surface area contributed by atoms with Crippen molar-refractivity contribution in [3.05, 3.63) is 40.9 Å². The van der Waals surface area contributed by atoms with E-state index in [4.69, 9.17) is 10.2 Å². The molecule has 3 nitrogen and oxygen atoms in total. The number of nitrogens with zero attached hydrogens (tertiary/aromatic N) is 3. The number of pyridine rings is 1. The van der Waals surface area contributed by atoms with Crippen molar-refractivity contribution in [1.82, 2.24) is 9.88 Å². The number of nitriles is 1. The number of hydrogen-bond acceptors (Lipinski definition) is 4. The van der Waals surface area contributed by atoms with Crippen LogP contribution in [0, 0.1) is 11.3 Å². The molecule has 4 heteroatoms. The molecule has 3 rings (SSSR count). The van der Waals surface area contributed by atoms with Gasteiger partial charge in [-0.15, -0.1) is 11.3 Å². The highest BCUT2D eigenvalue weighted by molar-refractivity contribution is 7.18. The van der Waals surface area contributed by atoms with Crippen LogP contribution in [-0.4, -0.2) is 30.5 Å². The average molecular weight is 295 g/mol. The number of aromatic nitrogens is 1. The summed E-state index contributed by atoms with van der Waals surface area (Å²) in [5, 5.41) is 13.6. The SMILES string of the molecule is CN(C)CCCc1nc2cc(C#N)ccc2c2sccc12. The highest BCUT2D eigenvalue weighted by Crippen LogP contribution is 2.31. The minimum Gasteiger partial charge on any atom is -0.309 e. The van der Waals surface area contributed by atoms with E-state index in [9.17, 15) is 0 Å². The van der Waals surface area contributed by atoms with Crippen LogP contribution in [0.5, 0.6) is 0 Å². The summed E-state index contributed by atoms with van der Waals surface area (Å²) in [5.41, 5.74) is 2.75. The molecule has 0 aliphatic carbocycles. The van der Waals surface area contributed by atoms with Crippen LogP contribution in [0.1, 0.15) is 17.7 Å². The first kappa shape index (κ1) is 14.0. The Kier molecular flexibility index (Phi) is 3.87. The Labute approximate surface area is 128 Å². The van der Waals surface area contributed by atoms with Crippen LogP contribution >= 0.6 is 11.3 Å². The molecule has 0 unspecified atom stereocenters. The highest BCUT2D eigenvalue weighted by atomic mass is 32.1. The molecule has 0 atom stereocenters. The fourth-order valence-corrected chi connectivity index (χ4v) is 3.54. The normalized spacial score (nSPS) is 11.3. The van der Waals surface area contributed by atoms with E-state index < -0.39 is 0 Å². The van der Waals surface area contributed by atoms with Gasteiger partial charge in [0, 0.05) is 21.2 Å². The van der Waals surface area contributed by atoms with Gasteiger partial charge in [0.05, 0.1) is 17.1 Å². The zero-order valence-electron chi connectivity index (χ0n) is 12.3. The van der Waals surface area contributed by atoms with Crippen molar-refractivity contribution in [3.63, 3.8) is 0 Å². The Morgan fingerprint density at radius 3 is 2.86 bits per heavy atom. The largest absolute Gasteiger partial charge is 0.309 e. The Hall–Kier alpha value is -1.96. The van der Waals surface area contributed by atoms with E-state index in [0.717, 1.165) is 36.0 Å². The van der Waals surface area contributed by atoms with Gasteiger partial charge in [-0.1, -0.05) is 6.07 Å². The molecule has 0 aliphatic heterocycles. The van der Waals surface area contributed by atoms with Gasteiger partial charge in [-0.3, -0.25) is 4.98 Å². The monoisotopic (exact) mass is 295 g/mol. The molecule has 0 saturated carbocycles. The summed E-state index contributed by atoms with van der Waals surface area (Å²) >= 11 is 1.75. The third-order valence-corrected chi connectivity index (χ3v) is 4.57. The van der Waals surface area contributed by atoms with Crippen molar-refractivity contribution in [2.24, 2.45) is 0 Å². The lowest BCUT2D eigenvalue weighted by Gasteiger charge is -2.10. The first-order valence-electron chi connectivity index (χ1n) is 7.03. The second-order valence-electron chi connectivity index (χ2n) is 5.47. The summed E-state index contributed by atoms with van der Waals surface area (Å²) in [6.07, 6.45) is 2.06. The maximum Gasteiger partial charge on any atom is 0.0992 e.